The van der Waals surface area contributed by atoms with Gasteiger partial charge in [0.2, 0.25) is 0 Å². The predicted molar refractivity (Wildman–Crippen MR) is 58.4 cm³/mol. The second-order valence-electron chi connectivity index (χ2n) is 3.58. The Bertz CT molecular complexity index is 369. The van der Waals surface area contributed by atoms with Gasteiger partial charge >= 0.3 is 5.97 Å². The fraction of sp³-hybridized carbons (Fsp3) is 0.417. The van der Waals surface area contributed by atoms with Crippen molar-refractivity contribution in [3.8, 4) is 5.75 Å². The van der Waals surface area contributed by atoms with Gasteiger partial charge in [0.05, 0.1) is 7.11 Å². The van der Waals surface area contributed by atoms with Crippen molar-refractivity contribution in [1.82, 2.24) is 0 Å². The van der Waals surface area contributed by atoms with Crippen molar-refractivity contribution in [2.45, 2.75) is 26.7 Å². The minimum absolute atomic E-state index is 0.140. The lowest BCUT2D eigenvalue weighted by Crippen LogP contribution is -2.02. The van der Waals surface area contributed by atoms with Crippen LogP contribution in [0.1, 0.15) is 23.1 Å². The third-order valence-corrected chi connectivity index (χ3v) is 2.64. The average Bonchev–Trinajstić information content (AvgIpc) is 2.20. The summed E-state index contributed by atoms with van der Waals surface area (Å²) in [5, 5.41) is 8.66. The summed E-state index contributed by atoms with van der Waals surface area (Å²) in [4.78, 5) is 10.5. The SMILES string of the molecule is COc1ccc(C)c(C)c1CCC(=O)O. The Kier molecular flexibility index (Phi) is 3.72. The van der Waals surface area contributed by atoms with Crippen LogP contribution in [-0.4, -0.2) is 18.2 Å². The summed E-state index contributed by atoms with van der Waals surface area (Å²) in [6.45, 7) is 4.01. The first-order valence-electron chi connectivity index (χ1n) is 4.91. The van der Waals surface area contributed by atoms with Gasteiger partial charge in [-0.05, 0) is 43.0 Å². The van der Waals surface area contributed by atoms with Crippen molar-refractivity contribution < 1.29 is 14.6 Å². The Morgan fingerprint density at radius 3 is 2.60 bits per heavy atom. The smallest absolute Gasteiger partial charge is 0.303 e. The monoisotopic (exact) mass is 208 g/mol. The zero-order valence-electron chi connectivity index (χ0n) is 9.33. The quantitative estimate of drug-likeness (QED) is 0.826. The van der Waals surface area contributed by atoms with E-state index in [9.17, 15) is 4.79 Å². The number of rotatable bonds is 4. The topological polar surface area (TPSA) is 46.5 Å². The molecular formula is C12H16O3. The van der Waals surface area contributed by atoms with Crippen LogP contribution in [0.3, 0.4) is 0 Å². The molecule has 1 aromatic rings. The van der Waals surface area contributed by atoms with Gasteiger partial charge in [-0.1, -0.05) is 6.07 Å². The molecule has 0 saturated heterocycles. The summed E-state index contributed by atoms with van der Waals surface area (Å²) in [6.07, 6.45) is 0.659. The van der Waals surface area contributed by atoms with Crippen LogP contribution in [-0.2, 0) is 11.2 Å². The first-order valence-corrected chi connectivity index (χ1v) is 4.91. The van der Waals surface area contributed by atoms with Gasteiger partial charge in [0, 0.05) is 6.42 Å². The van der Waals surface area contributed by atoms with Gasteiger partial charge in [-0.2, -0.15) is 0 Å². The maximum atomic E-state index is 10.5. The molecule has 0 unspecified atom stereocenters. The van der Waals surface area contributed by atoms with Crippen LogP contribution < -0.4 is 4.74 Å². The summed E-state index contributed by atoms with van der Waals surface area (Å²) < 4.78 is 5.22. The van der Waals surface area contributed by atoms with E-state index in [4.69, 9.17) is 9.84 Å². The third-order valence-electron chi connectivity index (χ3n) is 2.64. The van der Waals surface area contributed by atoms with E-state index in [1.54, 1.807) is 7.11 Å². The van der Waals surface area contributed by atoms with E-state index in [1.165, 1.54) is 0 Å². The van der Waals surface area contributed by atoms with E-state index in [0.717, 1.165) is 22.4 Å². The summed E-state index contributed by atoms with van der Waals surface area (Å²) in [6, 6.07) is 3.87. The van der Waals surface area contributed by atoms with Gasteiger partial charge in [0.25, 0.3) is 0 Å². The number of carbonyl (C=O) groups is 1. The second kappa shape index (κ2) is 4.82. The first-order chi connectivity index (χ1) is 7.06. The highest BCUT2D eigenvalue weighted by atomic mass is 16.5. The molecule has 0 aliphatic carbocycles. The van der Waals surface area contributed by atoms with E-state index in [-0.39, 0.29) is 6.42 Å². The molecule has 3 nitrogen and oxygen atoms in total. The van der Waals surface area contributed by atoms with Gasteiger partial charge in [0.15, 0.2) is 0 Å². The first kappa shape index (κ1) is 11.6. The standard InChI is InChI=1S/C12H16O3/c1-8-4-6-11(15-3)10(9(8)2)5-7-12(13)14/h4,6H,5,7H2,1-3H3,(H,13,14). The van der Waals surface area contributed by atoms with Crippen LogP contribution in [0.5, 0.6) is 5.75 Å². The molecule has 0 atom stereocenters. The molecule has 0 aliphatic heterocycles. The van der Waals surface area contributed by atoms with Crippen molar-refractivity contribution in [3.05, 3.63) is 28.8 Å². The molecule has 0 aliphatic rings. The molecule has 1 aromatic carbocycles. The summed E-state index contributed by atoms with van der Waals surface area (Å²) in [7, 11) is 1.61. The normalized spacial score (nSPS) is 10.1. The molecule has 0 spiro atoms. The molecule has 15 heavy (non-hydrogen) atoms. The number of carboxylic acids is 1. The lowest BCUT2D eigenvalue weighted by Gasteiger charge is -2.12. The Balaban J connectivity index is 3.01. The van der Waals surface area contributed by atoms with Crippen LogP contribution in [0.2, 0.25) is 0 Å². The molecule has 1 N–H and O–H groups in total. The number of hydrogen-bond acceptors (Lipinski definition) is 2. The molecule has 0 radical (unpaired) electrons. The lowest BCUT2D eigenvalue weighted by molar-refractivity contribution is -0.136. The number of aryl methyl sites for hydroxylation is 1. The highest BCUT2D eigenvalue weighted by Gasteiger charge is 2.09. The van der Waals surface area contributed by atoms with Crippen LogP contribution in [0.25, 0.3) is 0 Å². The van der Waals surface area contributed by atoms with Crippen molar-refractivity contribution in [2.75, 3.05) is 7.11 Å². The average molecular weight is 208 g/mol. The molecule has 0 heterocycles. The third kappa shape index (κ3) is 2.72. The maximum Gasteiger partial charge on any atom is 0.303 e. The molecule has 0 bridgehead atoms. The highest BCUT2D eigenvalue weighted by molar-refractivity contribution is 5.67. The number of carboxylic acid groups (broad SMARTS) is 1. The van der Waals surface area contributed by atoms with E-state index in [2.05, 4.69) is 0 Å². The minimum atomic E-state index is -0.780. The lowest BCUT2D eigenvalue weighted by atomic mass is 9.98. The van der Waals surface area contributed by atoms with Gasteiger partial charge in [0.1, 0.15) is 5.75 Å². The fourth-order valence-corrected chi connectivity index (χ4v) is 1.58. The molecule has 0 saturated carbocycles. The number of hydrogen-bond donors (Lipinski definition) is 1. The summed E-state index contributed by atoms with van der Waals surface area (Å²) >= 11 is 0. The van der Waals surface area contributed by atoms with E-state index >= 15 is 0 Å². The zero-order chi connectivity index (χ0) is 11.4. The Morgan fingerprint density at radius 1 is 1.40 bits per heavy atom. The van der Waals surface area contributed by atoms with Gasteiger partial charge < -0.3 is 9.84 Å². The second-order valence-corrected chi connectivity index (χ2v) is 3.58. The molecule has 0 amide bonds. The molecule has 1 rings (SSSR count). The Labute approximate surface area is 89.7 Å². The van der Waals surface area contributed by atoms with Crippen molar-refractivity contribution in [2.24, 2.45) is 0 Å². The Hall–Kier alpha value is -1.51. The predicted octanol–water partition coefficient (Wildman–Crippen LogP) is 2.33. The van der Waals surface area contributed by atoms with Crippen LogP contribution in [0, 0.1) is 13.8 Å². The number of methoxy groups -OCH3 is 1. The van der Waals surface area contributed by atoms with Crippen LogP contribution >= 0.6 is 0 Å². The van der Waals surface area contributed by atoms with Gasteiger partial charge in [-0.15, -0.1) is 0 Å². The fourth-order valence-electron chi connectivity index (χ4n) is 1.58. The maximum absolute atomic E-state index is 10.5. The van der Waals surface area contributed by atoms with Gasteiger partial charge in [-0.3, -0.25) is 4.79 Å². The zero-order valence-corrected chi connectivity index (χ0v) is 9.33. The summed E-state index contributed by atoms with van der Waals surface area (Å²) in [5.74, 6) is -0.00249. The molecule has 0 aromatic heterocycles. The number of benzene rings is 1. The van der Waals surface area contributed by atoms with Gasteiger partial charge in [-0.25, -0.2) is 0 Å². The van der Waals surface area contributed by atoms with E-state index in [0.29, 0.717) is 6.42 Å². The summed E-state index contributed by atoms with van der Waals surface area (Å²) in [5.41, 5.74) is 3.28. The Morgan fingerprint density at radius 2 is 2.07 bits per heavy atom. The van der Waals surface area contributed by atoms with Crippen molar-refractivity contribution in [3.63, 3.8) is 0 Å². The van der Waals surface area contributed by atoms with Crippen LogP contribution in [0.15, 0.2) is 12.1 Å². The molecule has 3 heteroatoms. The van der Waals surface area contributed by atoms with Crippen molar-refractivity contribution in [1.29, 1.82) is 0 Å². The van der Waals surface area contributed by atoms with E-state index < -0.39 is 5.97 Å². The molecule has 0 fully saturated rings. The number of aliphatic carboxylic acids is 1. The highest BCUT2D eigenvalue weighted by Crippen LogP contribution is 2.25. The largest absolute Gasteiger partial charge is 0.496 e. The number of ether oxygens (including phenoxy) is 1. The minimum Gasteiger partial charge on any atom is -0.496 e. The molecular weight excluding hydrogens is 192 g/mol. The van der Waals surface area contributed by atoms with Crippen LogP contribution in [0.4, 0.5) is 0 Å². The van der Waals surface area contributed by atoms with Crippen molar-refractivity contribution >= 4 is 5.97 Å². The molecule has 82 valence electrons. The van der Waals surface area contributed by atoms with E-state index in [1.807, 2.05) is 26.0 Å².